The number of nitrogens with zero attached hydrogens (tertiary/aromatic N) is 1. The van der Waals surface area contributed by atoms with Crippen molar-refractivity contribution in [1.82, 2.24) is 0 Å². The number of ether oxygens (including phenoxy) is 1. The Morgan fingerprint density at radius 1 is 1.53 bits per heavy atom. The number of benzene rings is 1. The van der Waals surface area contributed by atoms with Crippen molar-refractivity contribution in [1.29, 1.82) is 0 Å². The van der Waals surface area contributed by atoms with E-state index in [0.717, 1.165) is 30.9 Å². The molecular formula is C15H22N2O2. The molecule has 0 spiro atoms. The van der Waals surface area contributed by atoms with Crippen molar-refractivity contribution >= 4 is 11.5 Å². The molecule has 2 rings (SSSR count). The van der Waals surface area contributed by atoms with Crippen molar-refractivity contribution in [3.8, 4) is 5.75 Å². The largest absolute Gasteiger partial charge is 0.486 e. The van der Waals surface area contributed by atoms with E-state index in [-0.39, 0.29) is 11.9 Å². The number of nitrogens with two attached hydrogens (primary N) is 1. The fourth-order valence-electron chi connectivity index (χ4n) is 2.35. The van der Waals surface area contributed by atoms with Gasteiger partial charge < -0.3 is 15.4 Å². The molecule has 104 valence electrons. The van der Waals surface area contributed by atoms with Crippen LogP contribution in [0, 0.1) is 0 Å². The smallest absolute Gasteiger partial charge is 0.179 e. The standard InChI is InChI=1S/C15H22N2O2/c1-4-12-9-17(5-2)13-8-11(15(18)10(3)16)6-7-14(13)19-12/h6-8,10,12H,4-5,9,16H2,1-3H3. The Hall–Kier alpha value is -1.55. The molecule has 0 saturated carbocycles. The first kappa shape index (κ1) is 13.9. The summed E-state index contributed by atoms with van der Waals surface area (Å²) in [4.78, 5) is 14.2. The average Bonchev–Trinajstić information content (AvgIpc) is 2.44. The van der Waals surface area contributed by atoms with E-state index in [1.54, 1.807) is 13.0 Å². The van der Waals surface area contributed by atoms with Crippen molar-refractivity contribution in [2.24, 2.45) is 5.73 Å². The average molecular weight is 262 g/mol. The molecule has 19 heavy (non-hydrogen) atoms. The van der Waals surface area contributed by atoms with Crippen LogP contribution in [-0.4, -0.2) is 31.0 Å². The fraction of sp³-hybridized carbons (Fsp3) is 0.533. The summed E-state index contributed by atoms with van der Waals surface area (Å²) in [6.45, 7) is 7.72. The summed E-state index contributed by atoms with van der Waals surface area (Å²) in [6.07, 6.45) is 1.21. The van der Waals surface area contributed by atoms with E-state index in [1.165, 1.54) is 0 Å². The summed E-state index contributed by atoms with van der Waals surface area (Å²) in [5, 5.41) is 0. The number of rotatable bonds is 4. The number of hydrogen-bond donors (Lipinski definition) is 1. The van der Waals surface area contributed by atoms with Gasteiger partial charge in [0, 0.05) is 12.1 Å². The molecule has 2 N–H and O–H groups in total. The molecule has 1 aromatic rings. The number of Topliss-reactive ketones (excluding diaryl/α,β-unsaturated/α-hetero) is 1. The van der Waals surface area contributed by atoms with Gasteiger partial charge in [-0.2, -0.15) is 0 Å². The molecular weight excluding hydrogens is 240 g/mol. The molecule has 4 heteroatoms. The molecule has 1 aromatic carbocycles. The summed E-state index contributed by atoms with van der Waals surface area (Å²) >= 11 is 0. The number of hydrogen-bond acceptors (Lipinski definition) is 4. The number of likely N-dealkylation sites (N-methyl/N-ethyl adjacent to an activating group) is 1. The van der Waals surface area contributed by atoms with Gasteiger partial charge in [-0.15, -0.1) is 0 Å². The van der Waals surface area contributed by atoms with Crippen molar-refractivity contribution in [2.45, 2.75) is 39.3 Å². The minimum atomic E-state index is -0.471. The van der Waals surface area contributed by atoms with Gasteiger partial charge in [-0.05, 0) is 38.5 Å². The van der Waals surface area contributed by atoms with Gasteiger partial charge >= 0.3 is 0 Å². The van der Waals surface area contributed by atoms with Gasteiger partial charge in [0.2, 0.25) is 0 Å². The lowest BCUT2D eigenvalue weighted by atomic mass is 10.0. The van der Waals surface area contributed by atoms with Crippen LogP contribution in [0.4, 0.5) is 5.69 Å². The maximum absolute atomic E-state index is 12.0. The highest BCUT2D eigenvalue weighted by molar-refractivity contribution is 6.00. The third-order valence-corrected chi connectivity index (χ3v) is 3.55. The molecule has 0 radical (unpaired) electrons. The molecule has 0 amide bonds. The van der Waals surface area contributed by atoms with E-state index >= 15 is 0 Å². The third-order valence-electron chi connectivity index (χ3n) is 3.55. The summed E-state index contributed by atoms with van der Waals surface area (Å²) in [5.41, 5.74) is 7.32. The van der Waals surface area contributed by atoms with Gasteiger partial charge in [0.25, 0.3) is 0 Å². The van der Waals surface area contributed by atoms with Crippen LogP contribution >= 0.6 is 0 Å². The van der Waals surface area contributed by atoms with E-state index < -0.39 is 6.04 Å². The third kappa shape index (κ3) is 2.73. The van der Waals surface area contributed by atoms with Crippen molar-refractivity contribution in [3.63, 3.8) is 0 Å². The van der Waals surface area contributed by atoms with Gasteiger partial charge in [-0.25, -0.2) is 0 Å². The molecule has 2 atom stereocenters. The number of anilines is 1. The zero-order valence-electron chi connectivity index (χ0n) is 11.8. The maximum Gasteiger partial charge on any atom is 0.179 e. The predicted molar refractivity (Wildman–Crippen MR) is 77.0 cm³/mol. The van der Waals surface area contributed by atoms with Crippen LogP contribution in [0.2, 0.25) is 0 Å². The van der Waals surface area contributed by atoms with E-state index in [4.69, 9.17) is 10.5 Å². The molecule has 0 aromatic heterocycles. The monoisotopic (exact) mass is 262 g/mol. The second-order valence-electron chi connectivity index (χ2n) is 5.02. The van der Waals surface area contributed by atoms with Gasteiger partial charge in [-0.3, -0.25) is 4.79 Å². The summed E-state index contributed by atoms with van der Waals surface area (Å²) in [5.74, 6) is 0.831. The Labute approximate surface area is 114 Å². The highest BCUT2D eigenvalue weighted by atomic mass is 16.5. The molecule has 0 saturated heterocycles. The highest BCUT2D eigenvalue weighted by Gasteiger charge is 2.25. The van der Waals surface area contributed by atoms with Crippen LogP contribution in [0.15, 0.2) is 18.2 Å². The molecule has 2 unspecified atom stereocenters. The highest BCUT2D eigenvalue weighted by Crippen LogP contribution is 2.35. The molecule has 1 heterocycles. The Kier molecular flexibility index (Phi) is 4.10. The second-order valence-corrected chi connectivity index (χ2v) is 5.02. The minimum Gasteiger partial charge on any atom is -0.486 e. The topological polar surface area (TPSA) is 55.6 Å². The Morgan fingerprint density at radius 2 is 2.26 bits per heavy atom. The number of ketones is 1. The number of carbonyl (C=O) groups is 1. The molecule has 0 aliphatic carbocycles. The quantitative estimate of drug-likeness (QED) is 0.845. The van der Waals surface area contributed by atoms with Gasteiger partial charge in [0.15, 0.2) is 5.78 Å². The Bertz CT molecular complexity index is 471. The van der Waals surface area contributed by atoms with Crippen LogP contribution < -0.4 is 15.4 Å². The summed E-state index contributed by atoms with van der Waals surface area (Å²) in [7, 11) is 0. The van der Waals surface area contributed by atoms with E-state index in [0.29, 0.717) is 5.56 Å². The number of carbonyl (C=O) groups excluding carboxylic acids is 1. The van der Waals surface area contributed by atoms with Crippen LogP contribution in [0.3, 0.4) is 0 Å². The normalized spacial score (nSPS) is 19.6. The van der Waals surface area contributed by atoms with Gasteiger partial charge in [0.05, 0.1) is 18.3 Å². The van der Waals surface area contributed by atoms with Crippen molar-refractivity contribution in [2.75, 3.05) is 18.0 Å². The molecule has 1 aliphatic heterocycles. The summed E-state index contributed by atoms with van der Waals surface area (Å²) < 4.78 is 5.92. The minimum absolute atomic E-state index is 0.0310. The van der Waals surface area contributed by atoms with Crippen LogP contribution in [-0.2, 0) is 0 Å². The lowest BCUT2D eigenvalue weighted by Gasteiger charge is -2.35. The van der Waals surface area contributed by atoms with E-state index in [9.17, 15) is 4.79 Å². The van der Waals surface area contributed by atoms with Crippen LogP contribution in [0.25, 0.3) is 0 Å². The molecule has 1 aliphatic rings. The van der Waals surface area contributed by atoms with Crippen molar-refractivity contribution < 1.29 is 9.53 Å². The maximum atomic E-state index is 12.0. The van der Waals surface area contributed by atoms with Crippen LogP contribution in [0.5, 0.6) is 5.75 Å². The lowest BCUT2D eigenvalue weighted by molar-refractivity contribution is 0.0968. The van der Waals surface area contributed by atoms with Gasteiger partial charge in [-0.1, -0.05) is 6.92 Å². The summed E-state index contributed by atoms with van der Waals surface area (Å²) in [6, 6.07) is 5.11. The van der Waals surface area contributed by atoms with Gasteiger partial charge in [0.1, 0.15) is 11.9 Å². The molecule has 0 fully saturated rings. The SMILES string of the molecule is CCC1CN(CC)c2cc(C(=O)C(C)N)ccc2O1. The van der Waals surface area contributed by atoms with E-state index in [2.05, 4.69) is 18.7 Å². The Morgan fingerprint density at radius 3 is 2.84 bits per heavy atom. The first-order valence-electron chi connectivity index (χ1n) is 6.92. The zero-order valence-corrected chi connectivity index (χ0v) is 11.8. The van der Waals surface area contributed by atoms with E-state index in [1.807, 2.05) is 12.1 Å². The first-order chi connectivity index (χ1) is 9.06. The van der Waals surface area contributed by atoms with Crippen molar-refractivity contribution in [3.05, 3.63) is 23.8 Å². The second kappa shape index (κ2) is 5.61. The molecule has 0 bridgehead atoms. The predicted octanol–water partition coefficient (Wildman–Crippen LogP) is 2.21. The van der Waals surface area contributed by atoms with Crippen LogP contribution in [0.1, 0.15) is 37.6 Å². The zero-order chi connectivity index (χ0) is 14.0. The lowest BCUT2D eigenvalue weighted by Crippen LogP contribution is -2.39. The Balaban J connectivity index is 2.36. The first-order valence-corrected chi connectivity index (χ1v) is 6.92. The number of fused-ring (bicyclic) bond motifs is 1. The fourth-order valence-corrected chi connectivity index (χ4v) is 2.35. The molecule has 4 nitrogen and oxygen atoms in total.